The number of carbonyl (C=O) groups is 1. The van der Waals surface area contributed by atoms with Crippen molar-refractivity contribution in [2.45, 2.75) is 6.42 Å². The lowest BCUT2D eigenvalue weighted by Gasteiger charge is -2.10. The molecule has 3 aromatic carbocycles. The van der Waals surface area contributed by atoms with Gasteiger partial charge in [-0.2, -0.15) is 0 Å². The number of hydrogen-bond donors (Lipinski definition) is 2. The Hall–Kier alpha value is -3.44. The van der Waals surface area contributed by atoms with Crippen molar-refractivity contribution in [1.82, 2.24) is 4.98 Å². The van der Waals surface area contributed by atoms with Crippen LogP contribution in [0.5, 0.6) is 11.5 Å². The topological polar surface area (TPSA) is 63.3 Å². The largest absolute Gasteiger partial charge is 0.493 e. The van der Waals surface area contributed by atoms with E-state index in [-0.39, 0.29) is 12.3 Å². The molecule has 2 N–H and O–H groups in total. The second kappa shape index (κ2) is 8.51. The fourth-order valence-corrected chi connectivity index (χ4v) is 3.55. The summed E-state index contributed by atoms with van der Waals surface area (Å²) in [4.78, 5) is 15.8. The highest BCUT2D eigenvalue weighted by Gasteiger charge is 2.09. The minimum Gasteiger partial charge on any atom is -0.493 e. The van der Waals surface area contributed by atoms with Crippen LogP contribution in [0.2, 0.25) is 5.02 Å². The van der Waals surface area contributed by atoms with E-state index in [4.69, 9.17) is 21.1 Å². The molecule has 0 spiro atoms. The van der Waals surface area contributed by atoms with Crippen molar-refractivity contribution < 1.29 is 14.3 Å². The molecule has 5 nitrogen and oxygen atoms in total. The van der Waals surface area contributed by atoms with E-state index in [1.165, 1.54) is 0 Å². The van der Waals surface area contributed by atoms with Crippen LogP contribution in [0, 0.1) is 0 Å². The number of methoxy groups -OCH3 is 2. The Bertz CT molecular complexity index is 1200. The van der Waals surface area contributed by atoms with Gasteiger partial charge in [-0.3, -0.25) is 4.79 Å². The van der Waals surface area contributed by atoms with Gasteiger partial charge in [0.25, 0.3) is 0 Å². The van der Waals surface area contributed by atoms with Crippen molar-refractivity contribution in [2.75, 3.05) is 19.5 Å². The van der Waals surface area contributed by atoms with Crippen LogP contribution in [0.25, 0.3) is 22.2 Å². The number of hydrogen-bond acceptors (Lipinski definition) is 3. The predicted octanol–water partition coefficient (Wildman–Crippen LogP) is 5.69. The number of ether oxygens (including phenoxy) is 2. The molecule has 0 aliphatic carbocycles. The van der Waals surface area contributed by atoms with Crippen LogP contribution in [0.15, 0.2) is 66.7 Å². The number of benzene rings is 3. The van der Waals surface area contributed by atoms with Gasteiger partial charge >= 0.3 is 0 Å². The summed E-state index contributed by atoms with van der Waals surface area (Å²) in [5, 5.41) is 4.70. The van der Waals surface area contributed by atoms with Crippen LogP contribution in [-0.2, 0) is 11.2 Å². The molecule has 4 rings (SSSR count). The van der Waals surface area contributed by atoms with Gasteiger partial charge in [-0.15, -0.1) is 0 Å². The van der Waals surface area contributed by atoms with Gasteiger partial charge in [0.1, 0.15) is 0 Å². The van der Waals surface area contributed by atoms with Crippen molar-refractivity contribution >= 4 is 34.1 Å². The third-order valence-electron chi connectivity index (χ3n) is 4.88. The second-order valence-corrected chi connectivity index (χ2v) is 7.34. The fourth-order valence-electron chi connectivity index (χ4n) is 3.37. The van der Waals surface area contributed by atoms with Gasteiger partial charge in [-0.05, 0) is 59.7 Å². The molecule has 0 saturated carbocycles. The first-order valence-electron chi connectivity index (χ1n) is 9.45. The molecule has 6 heteroatoms. The van der Waals surface area contributed by atoms with E-state index >= 15 is 0 Å². The quantitative estimate of drug-likeness (QED) is 0.421. The van der Waals surface area contributed by atoms with E-state index in [9.17, 15) is 4.79 Å². The zero-order valence-electron chi connectivity index (χ0n) is 16.7. The summed E-state index contributed by atoms with van der Waals surface area (Å²) in [5.74, 6) is 1.14. The standard InChI is InChI=1S/C24H21ClN2O3/c1-29-22-10-3-15(11-23(22)30-2)12-24(28)26-19-7-4-16(5-8-19)21-14-17-13-18(25)6-9-20(17)27-21/h3-11,13-14,27H,12H2,1-2H3,(H,26,28). The smallest absolute Gasteiger partial charge is 0.228 e. The zero-order valence-corrected chi connectivity index (χ0v) is 17.4. The molecule has 0 aliphatic rings. The first-order valence-corrected chi connectivity index (χ1v) is 9.83. The Morgan fingerprint density at radius 2 is 1.70 bits per heavy atom. The molecule has 0 unspecified atom stereocenters. The van der Waals surface area contributed by atoms with E-state index < -0.39 is 0 Å². The first-order chi connectivity index (χ1) is 14.6. The number of nitrogens with one attached hydrogen (secondary N) is 2. The molecule has 30 heavy (non-hydrogen) atoms. The number of halogens is 1. The Morgan fingerprint density at radius 3 is 2.43 bits per heavy atom. The first kappa shape index (κ1) is 19.9. The lowest BCUT2D eigenvalue weighted by molar-refractivity contribution is -0.115. The summed E-state index contributed by atoms with van der Waals surface area (Å²) in [7, 11) is 3.16. The van der Waals surface area contributed by atoms with Gasteiger partial charge in [-0.25, -0.2) is 0 Å². The van der Waals surface area contributed by atoms with Crippen LogP contribution >= 0.6 is 11.6 Å². The van der Waals surface area contributed by atoms with E-state index in [0.29, 0.717) is 16.5 Å². The molecule has 1 heterocycles. The minimum absolute atomic E-state index is 0.102. The third-order valence-corrected chi connectivity index (χ3v) is 5.11. The number of amides is 1. The number of aromatic nitrogens is 1. The van der Waals surface area contributed by atoms with Crippen LogP contribution < -0.4 is 14.8 Å². The highest BCUT2D eigenvalue weighted by atomic mass is 35.5. The van der Waals surface area contributed by atoms with Gasteiger partial charge in [-0.1, -0.05) is 29.8 Å². The third kappa shape index (κ3) is 4.26. The SMILES string of the molecule is COc1ccc(CC(=O)Nc2ccc(-c3cc4cc(Cl)ccc4[nH]3)cc2)cc1OC. The molecule has 0 radical (unpaired) electrons. The zero-order chi connectivity index (χ0) is 21.1. The number of H-pyrrole nitrogens is 1. The highest BCUT2D eigenvalue weighted by Crippen LogP contribution is 2.29. The lowest BCUT2D eigenvalue weighted by Crippen LogP contribution is -2.14. The van der Waals surface area contributed by atoms with Crippen molar-refractivity contribution in [2.24, 2.45) is 0 Å². The Kier molecular flexibility index (Phi) is 5.63. The molecular formula is C24H21ClN2O3. The van der Waals surface area contributed by atoms with Crippen molar-refractivity contribution in [3.8, 4) is 22.8 Å². The van der Waals surface area contributed by atoms with Gasteiger partial charge in [0.2, 0.25) is 5.91 Å². The molecule has 0 aliphatic heterocycles. The van der Waals surface area contributed by atoms with Gasteiger partial charge in [0.15, 0.2) is 11.5 Å². The fraction of sp³-hybridized carbons (Fsp3) is 0.125. The normalized spacial score (nSPS) is 10.8. The maximum absolute atomic E-state index is 12.4. The molecule has 1 aromatic heterocycles. The molecule has 4 aromatic rings. The van der Waals surface area contributed by atoms with Crippen LogP contribution in [0.4, 0.5) is 5.69 Å². The van der Waals surface area contributed by atoms with Crippen LogP contribution in [0.1, 0.15) is 5.56 Å². The number of carbonyl (C=O) groups excluding carboxylic acids is 1. The molecule has 152 valence electrons. The summed E-state index contributed by atoms with van der Waals surface area (Å²) in [6, 6.07) is 21.0. The molecule has 0 fully saturated rings. The van der Waals surface area contributed by atoms with Gasteiger partial charge in [0, 0.05) is 27.3 Å². The Balaban J connectivity index is 1.44. The molecular weight excluding hydrogens is 400 g/mol. The Labute approximate surface area is 179 Å². The maximum atomic E-state index is 12.4. The van der Waals surface area contributed by atoms with Crippen molar-refractivity contribution in [3.63, 3.8) is 0 Å². The molecule has 1 amide bonds. The summed E-state index contributed by atoms with van der Waals surface area (Å²) in [5.41, 5.74) is 4.64. The van der Waals surface area contributed by atoms with E-state index in [0.717, 1.165) is 33.4 Å². The minimum atomic E-state index is -0.102. The molecule has 0 bridgehead atoms. The maximum Gasteiger partial charge on any atom is 0.228 e. The van der Waals surface area contributed by atoms with E-state index in [2.05, 4.69) is 16.4 Å². The number of fused-ring (bicyclic) bond motifs is 1. The molecule has 0 atom stereocenters. The van der Waals surface area contributed by atoms with Crippen molar-refractivity contribution in [1.29, 1.82) is 0 Å². The van der Waals surface area contributed by atoms with E-state index in [1.807, 2.05) is 54.6 Å². The Morgan fingerprint density at radius 1 is 0.933 bits per heavy atom. The summed E-state index contributed by atoms with van der Waals surface area (Å²) < 4.78 is 10.5. The summed E-state index contributed by atoms with van der Waals surface area (Å²) in [6.45, 7) is 0. The average Bonchev–Trinajstić information content (AvgIpc) is 3.17. The van der Waals surface area contributed by atoms with Gasteiger partial charge < -0.3 is 19.8 Å². The lowest BCUT2D eigenvalue weighted by atomic mass is 10.1. The van der Waals surface area contributed by atoms with E-state index in [1.54, 1.807) is 20.3 Å². The monoisotopic (exact) mass is 420 g/mol. The summed E-state index contributed by atoms with van der Waals surface area (Å²) in [6.07, 6.45) is 0.241. The average molecular weight is 421 g/mol. The van der Waals surface area contributed by atoms with Crippen LogP contribution in [-0.4, -0.2) is 25.1 Å². The molecule has 0 saturated heterocycles. The summed E-state index contributed by atoms with van der Waals surface area (Å²) >= 11 is 6.07. The number of rotatable bonds is 6. The highest BCUT2D eigenvalue weighted by molar-refractivity contribution is 6.31. The van der Waals surface area contributed by atoms with Gasteiger partial charge in [0.05, 0.1) is 20.6 Å². The number of anilines is 1. The number of aromatic amines is 1. The van der Waals surface area contributed by atoms with Crippen molar-refractivity contribution in [3.05, 3.63) is 77.3 Å². The predicted molar refractivity (Wildman–Crippen MR) is 121 cm³/mol. The van der Waals surface area contributed by atoms with Crippen LogP contribution in [0.3, 0.4) is 0 Å². The second-order valence-electron chi connectivity index (χ2n) is 6.91.